The number of hydrogen-bond acceptors (Lipinski definition) is 5. The average molecular weight is 189 g/mol. The van der Waals surface area contributed by atoms with Gasteiger partial charge in [0.1, 0.15) is 0 Å². The first-order valence-electron chi connectivity index (χ1n) is 2.75. The van der Waals surface area contributed by atoms with Crippen LogP contribution in [0.1, 0.15) is 0 Å². The van der Waals surface area contributed by atoms with Gasteiger partial charge in [0.15, 0.2) is 0 Å². The minimum atomic E-state index is -1.08. The van der Waals surface area contributed by atoms with Crippen molar-refractivity contribution in [2.45, 2.75) is 0 Å². The van der Waals surface area contributed by atoms with Gasteiger partial charge < -0.3 is 0 Å². The zero-order chi connectivity index (χ0) is 9.14. The van der Waals surface area contributed by atoms with Gasteiger partial charge >= 0.3 is 0 Å². The Morgan fingerprint density at radius 3 is 2.25 bits per heavy atom. The maximum Gasteiger partial charge on any atom is 0.234 e. The first-order valence-corrected chi connectivity index (χ1v) is 3.63. The van der Waals surface area contributed by atoms with Gasteiger partial charge in [-0.15, -0.1) is 11.3 Å². The quantitative estimate of drug-likeness (QED) is 0.521. The van der Waals surface area contributed by atoms with Crippen molar-refractivity contribution in [2.24, 2.45) is 0 Å². The molecule has 0 aliphatic heterocycles. The standard InChI is InChI=1S/C4H3N3O4S/c8-6(9)5(7(10)11)4-2-1-3-12-4/h1-3H. The summed E-state index contributed by atoms with van der Waals surface area (Å²) < 4.78 is 0. The topological polar surface area (TPSA) is 89.5 Å². The van der Waals surface area contributed by atoms with Crippen molar-refractivity contribution in [2.75, 3.05) is 5.12 Å². The van der Waals surface area contributed by atoms with Gasteiger partial charge in [0.05, 0.1) is 0 Å². The van der Waals surface area contributed by atoms with Crippen molar-refractivity contribution in [3.63, 3.8) is 0 Å². The van der Waals surface area contributed by atoms with E-state index < -0.39 is 10.1 Å². The van der Waals surface area contributed by atoms with Crippen LogP contribution in [0.4, 0.5) is 5.00 Å². The highest BCUT2D eigenvalue weighted by Crippen LogP contribution is 2.20. The highest BCUT2D eigenvalue weighted by Gasteiger charge is 2.30. The Labute approximate surface area is 70.1 Å². The molecule has 0 saturated heterocycles. The van der Waals surface area contributed by atoms with Gasteiger partial charge in [0, 0.05) is 0 Å². The van der Waals surface area contributed by atoms with Crippen molar-refractivity contribution < 1.29 is 10.1 Å². The van der Waals surface area contributed by atoms with Crippen LogP contribution >= 0.6 is 11.3 Å². The second-order valence-corrected chi connectivity index (χ2v) is 2.64. The van der Waals surface area contributed by atoms with Crippen LogP contribution in [-0.2, 0) is 0 Å². The van der Waals surface area contributed by atoms with E-state index in [1.807, 2.05) is 0 Å². The Hall–Kier alpha value is -1.70. The molecule has 12 heavy (non-hydrogen) atoms. The van der Waals surface area contributed by atoms with Crippen LogP contribution < -0.4 is 5.12 Å². The normalized spacial score (nSPS) is 9.33. The van der Waals surface area contributed by atoms with E-state index in [1.165, 1.54) is 17.5 Å². The lowest BCUT2D eigenvalue weighted by Crippen LogP contribution is -2.34. The van der Waals surface area contributed by atoms with Gasteiger partial charge in [-0.1, -0.05) is 0 Å². The molecule has 0 amide bonds. The molecule has 1 aromatic rings. The minimum absolute atomic E-state index is 0.0231. The largest absolute Gasteiger partial charge is 0.234 e. The fourth-order valence-corrected chi connectivity index (χ4v) is 1.29. The monoisotopic (exact) mass is 189 g/mol. The van der Waals surface area contributed by atoms with Crippen molar-refractivity contribution >= 4 is 16.3 Å². The molecule has 0 N–H and O–H groups in total. The van der Waals surface area contributed by atoms with Crippen molar-refractivity contribution in [3.8, 4) is 0 Å². The fraction of sp³-hybridized carbons (Fsp3) is 0. The van der Waals surface area contributed by atoms with Gasteiger partial charge in [-0.3, -0.25) is 0 Å². The lowest BCUT2D eigenvalue weighted by atomic mass is 10.6. The highest BCUT2D eigenvalue weighted by atomic mass is 32.1. The predicted molar refractivity (Wildman–Crippen MR) is 40.8 cm³/mol. The molecule has 0 bridgehead atoms. The first kappa shape index (κ1) is 8.40. The Morgan fingerprint density at radius 2 is 1.92 bits per heavy atom. The van der Waals surface area contributed by atoms with Gasteiger partial charge in [0.2, 0.25) is 20.2 Å². The Kier molecular flexibility index (Phi) is 2.19. The number of anilines is 1. The molecular formula is C4H3N3O4S. The highest BCUT2D eigenvalue weighted by molar-refractivity contribution is 7.14. The zero-order valence-electron chi connectivity index (χ0n) is 5.61. The number of hydrogen-bond donors (Lipinski definition) is 0. The molecule has 1 heterocycles. The van der Waals surface area contributed by atoms with E-state index in [1.54, 1.807) is 0 Å². The number of nitro groups is 2. The van der Waals surface area contributed by atoms with E-state index in [9.17, 15) is 20.2 Å². The summed E-state index contributed by atoms with van der Waals surface area (Å²) in [6.45, 7) is 0. The molecule has 8 heteroatoms. The first-order chi connectivity index (χ1) is 5.63. The zero-order valence-corrected chi connectivity index (χ0v) is 6.43. The molecule has 0 aliphatic carbocycles. The molecule has 0 atom stereocenters. The van der Waals surface area contributed by atoms with Crippen LogP contribution in [-0.4, -0.2) is 10.1 Å². The molecular weight excluding hydrogens is 186 g/mol. The molecule has 0 fully saturated rings. The van der Waals surface area contributed by atoms with E-state index in [0.717, 1.165) is 11.3 Å². The molecule has 0 unspecified atom stereocenters. The summed E-state index contributed by atoms with van der Waals surface area (Å²) >= 11 is 0.930. The summed E-state index contributed by atoms with van der Waals surface area (Å²) in [6.07, 6.45) is 0. The molecule has 0 saturated carbocycles. The summed E-state index contributed by atoms with van der Waals surface area (Å²) in [6, 6.07) is 2.80. The summed E-state index contributed by atoms with van der Waals surface area (Å²) in [4.78, 5) is 20.3. The summed E-state index contributed by atoms with van der Waals surface area (Å²) in [7, 11) is 0. The fourth-order valence-electron chi connectivity index (χ4n) is 0.604. The van der Waals surface area contributed by atoms with Gasteiger partial charge in [-0.25, -0.2) is 20.2 Å². The third kappa shape index (κ3) is 1.48. The molecule has 1 rings (SSSR count). The van der Waals surface area contributed by atoms with E-state index in [0.29, 0.717) is 0 Å². The summed E-state index contributed by atoms with van der Waals surface area (Å²) in [5, 5.41) is 19.5. The van der Waals surface area contributed by atoms with Gasteiger partial charge in [0.25, 0.3) is 0 Å². The van der Waals surface area contributed by atoms with Crippen molar-refractivity contribution in [1.82, 2.24) is 0 Å². The molecule has 0 radical (unpaired) electrons. The predicted octanol–water partition coefficient (Wildman–Crippen LogP) is 0.938. The second-order valence-electron chi connectivity index (χ2n) is 1.72. The smallest absolute Gasteiger partial charge is 0.230 e. The third-order valence-corrected chi connectivity index (χ3v) is 1.85. The van der Waals surface area contributed by atoms with E-state index in [-0.39, 0.29) is 10.1 Å². The minimum Gasteiger partial charge on any atom is -0.230 e. The van der Waals surface area contributed by atoms with E-state index >= 15 is 0 Å². The summed E-state index contributed by atoms with van der Waals surface area (Å²) in [5.41, 5.74) is 0. The van der Waals surface area contributed by atoms with Gasteiger partial charge in [-0.2, -0.15) is 0 Å². The maximum absolute atomic E-state index is 10.1. The van der Waals surface area contributed by atoms with Crippen LogP contribution in [0.5, 0.6) is 0 Å². The second kappa shape index (κ2) is 3.13. The van der Waals surface area contributed by atoms with Crippen LogP contribution in [0.25, 0.3) is 0 Å². The molecule has 0 aliphatic rings. The Bertz CT molecular complexity index is 283. The average Bonchev–Trinajstić information content (AvgIpc) is 2.37. The molecule has 1 aromatic heterocycles. The van der Waals surface area contributed by atoms with Crippen LogP contribution in [0.3, 0.4) is 0 Å². The van der Waals surface area contributed by atoms with E-state index in [4.69, 9.17) is 0 Å². The van der Waals surface area contributed by atoms with Crippen LogP contribution in [0, 0.1) is 20.2 Å². The van der Waals surface area contributed by atoms with E-state index in [2.05, 4.69) is 0 Å². The molecule has 0 spiro atoms. The lowest BCUT2D eigenvalue weighted by molar-refractivity contribution is -0.711. The number of thiophene rings is 1. The molecule has 64 valence electrons. The Balaban J connectivity index is 2.96. The maximum atomic E-state index is 10.1. The number of nitrogens with zero attached hydrogens (tertiary/aromatic N) is 3. The third-order valence-electron chi connectivity index (χ3n) is 1.01. The van der Waals surface area contributed by atoms with Crippen LogP contribution in [0.15, 0.2) is 17.5 Å². The van der Waals surface area contributed by atoms with Gasteiger partial charge in [-0.05, 0) is 17.5 Å². The summed E-state index contributed by atoms with van der Waals surface area (Å²) in [5.74, 6) is 0. The molecule has 0 aromatic carbocycles. The van der Waals surface area contributed by atoms with Crippen molar-refractivity contribution in [1.29, 1.82) is 0 Å². The molecule has 7 nitrogen and oxygen atoms in total. The Morgan fingerprint density at radius 1 is 1.33 bits per heavy atom. The van der Waals surface area contributed by atoms with Crippen molar-refractivity contribution in [3.05, 3.63) is 37.7 Å². The number of rotatable bonds is 3. The lowest BCUT2D eigenvalue weighted by Gasteiger charge is -1.98. The number of hydrazine groups is 2. The van der Waals surface area contributed by atoms with Crippen LogP contribution in [0.2, 0.25) is 0 Å². The SMILES string of the molecule is O=[N+]([O-])N(c1cccs1)[N+](=O)[O-].